The van der Waals surface area contributed by atoms with Crippen molar-refractivity contribution >= 4 is 28.4 Å². The topological polar surface area (TPSA) is 103 Å². The number of carbonyl (C=O) groups is 2. The van der Waals surface area contributed by atoms with Gasteiger partial charge < -0.3 is 11.1 Å². The fourth-order valence-corrected chi connectivity index (χ4v) is 3.87. The second-order valence-electron chi connectivity index (χ2n) is 7.65. The molecule has 2 aromatic carbocycles. The van der Waals surface area contributed by atoms with Crippen LogP contribution in [0.3, 0.4) is 0 Å². The van der Waals surface area contributed by atoms with Crippen molar-refractivity contribution in [3.8, 4) is 0 Å². The van der Waals surface area contributed by atoms with Gasteiger partial charge in [0.25, 0.3) is 11.8 Å². The van der Waals surface area contributed by atoms with E-state index >= 15 is 0 Å². The van der Waals surface area contributed by atoms with E-state index in [9.17, 15) is 14.0 Å². The van der Waals surface area contributed by atoms with E-state index in [1.807, 2.05) is 18.5 Å². The second-order valence-corrected chi connectivity index (χ2v) is 7.65. The Bertz CT molecular complexity index is 1350. The van der Waals surface area contributed by atoms with E-state index in [2.05, 4.69) is 10.3 Å². The fourth-order valence-electron chi connectivity index (χ4n) is 3.87. The summed E-state index contributed by atoms with van der Waals surface area (Å²) in [5.74, 6) is -1.37. The maximum atomic E-state index is 13.4. The average Bonchev–Trinajstić information content (AvgIpc) is 3.15. The third-order valence-corrected chi connectivity index (χ3v) is 5.50. The van der Waals surface area contributed by atoms with Crippen molar-refractivity contribution in [2.45, 2.75) is 33.2 Å². The second kappa shape index (κ2) is 9.20. The van der Waals surface area contributed by atoms with Crippen LogP contribution in [-0.4, -0.2) is 26.6 Å². The SMILES string of the molecule is CCc1nn(Cc2ccc(F)cc2)c(CC)c1NC(=O)c1cc(C(N)=O)nc2ccccc12. The van der Waals surface area contributed by atoms with Crippen LogP contribution in [0.5, 0.6) is 0 Å². The fraction of sp³-hybridized carbons (Fsp3) is 0.200. The highest BCUT2D eigenvalue weighted by atomic mass is 19.1. The number of nitrogens with one attached hydrogen (secondary N) is 1. The van der Waals surface area contributed by atoms with Crippen LogP contribution in [0.2, 0.25) is 0 Å². The number of fused-ring (bicyclic) bond motifs is 1. The van der Waals surface area contributed by atoms with Crippen LogP contribution in [-0.2, 0) is 19.4 Å². The van der Waals surface area contributed by atoms with Crippen molar-refractivity contribution in [3.05, 3.63) is 88.6 Å². The van der Waals surface area contributed by atoms with E-state index < -0.39 is 5.91 Å². The minimum Gasteiger partial charge on any atom is -0.364 e. The van der Waals surface area contributed by atoms with Crippen LogP contribution in [0.15, 0.2) is 54.6 Å². The van der Waals surface area contributed by atoms with Gasteiger partial charge in [-0.1, -0.05) is 44.2 Å². The number of anilines is 1. The summed E-state index contributed by atoms with van der Waals surface area (Å²) in [6.45, 7) is 4.41. The third-order valence-electron chi connectivity index (χ3n) is 5.50. The summed E-state index contributed by atoms with van der Waals surface area (Å²) in [7, 11) is 0. The van der Waals surface area contributed by atoms with Crippen LogP contribution >= 0.6 is 0 Å². The third kappa shape index (κ3) is 4.45. The van der Waals surface area contributed by atoms with Crippen molar-refractivity contribution in [2.75, 3.05) is 5.32 Å². The molecular weight excluding hydrogens is 421 g/mol. The molecule has 3 N–H and O–H groups in total. The Balaban J connectivity index is 1.73. The summed E-state index contributed by atoms with van der Waals surface area (Å²) in [6, 6.07) is 14.8. The van der Waals surface area contributed by atoms with Gasteiger partial charge in [0.15, 0.2) is 0 Å². The maximum absolute atomic E-state index is 13.4. The lowest BCUT2D eigenvalue weighted by atomic mass is 10.1. The van der Waals surface area contributed by atoms with Gasteiger partial charge in [0.1, 0.15) is 11.5 Å². The molecule has 0 fully saturated rings. The molecule has 0 radical (unpaired) electrons. The largest absolute Gasteiger partial charge is 0.364 e. The molecule has 7 nitrogen and oxygen atoms in total. The van der Waals surface area contributed by atoms with E-state index in [0.717, 1.165) is 17.0 Å². The molecule has 2 aromatic heterocycles. The number of hydrogen-bond acceptors (Lipinski definition) is 4. The van der Waals surface area contributed by atoms with Crippen LogP contribution in [0, 0.1) is 5.82 Å². The molecule has 2 heterocycles. The van der Waals surface area contributed by atoms with E-state index in [1.54, 1.807) is 36.4 Å². The molecule has 0 bridgehead atoms. The lowest BCUT2D eigenvalue weighted by molar-refractivity contribution is 0.0996. The molecule has 4 rings (SSSR count). The molecule has 0 spiro atoms. The number of nitrogens with two attached hydrogens (primary N) is 1. The number of primary amides is 1. The summed E-state index contributed by atoms with van der Waals surface area (Å²) in [5, 5.41) is 8.32. The predicted molar refractivity (Wildman–Crippen MR) is 125 cm³/mol. The first kappa shape index (κ1) is 22.1. The number of para-hydroxylation sites is 1. The van der Waals surface area contributed by atoms with Crippen LogP contribution in [0.1, 0.15) is 51.6 Å². The summed E-state index contributed by atoms with van der Waals surface area (Å²) < 4.78 is 15.1. The molecule has 4 aromatic rings. The zero-order chi connectivity index (χ0) is 23.5. The highest BCUT2D eigenvalue weighted by molar-refractivity contribution is 6.14. The minimum absolute atomic E-state index is 0.0253. The predicted octanol–water partition coefficient (Wildman–Crippen LogP) is 4.09. The first-order valence-corrected chi connectivity index (χ1v) is 10.7. The highest BCUT2D eigenvalue weighted by Gasteiger charge is 2.21. The Morgan fingerprint density at radius 1 is 1.06 bits per heavy atom. The number of halogens is 1. The normalized spacial score (nSPS) is 11.0. The molecule has 0 unspecified atom stereocenters. The Labute approximate surface area is 190 Å². The summed E-state index contributed by atoms with van der Waals surface area (Å²) in [5.41, 5.74) is 9.44. The van der Waals surface area contributed by atoms with E-state index in [1.165, 1.54) is 18.2 Å². The average molecular weight is 445 g/mol. The Morgan fingerprint density at radius 2 is 1.79 bits per heavy atom. The zero-order valence-corrected chi connectivity index (χ0v) is 18.4. The number of aromatic nitrogens is 3. The molecule has 0 aliphatic rings. The molecule has 0 aliphatic heterocycles. The molecule has 2 amide bonds. The van der Waals surface area contributed by atoms with Gasteiger partial charge in [-0.05, 0) is 42.7 Å². The number of carbonyl (C=O) groups excluding carboxylic acids is 2. The Kier molecular flexibility index (Phi) is 6.17. The van der Waals surface area contributed by atoms with Crippen LogP contribution < -0.4 is 11.1 Å². The lowest BCUT2D eigenvalue weighted by Gasteiger charge is -2.12. The molecule has 0 saturated heterocycles. The number of hydrogen-bond donors (Lipinski definition) is 2. The molecule has 33 heavy (non-hydrogen) atoms. The summed E-state index contributed by atoms with van der Waals surface area (Å²) >= 11 is 0. The number of aryl methyl sites for hydroxylation is 1. The Morgan fingerprint density at radius 3 is 2.45 bits per heavy atom. The first-order chi connectivity index (χ1) is 15.9. The number of nitrogens with zero attached hydrogens (tertiary/aromatic N) is 3. The quantitative estimate of drug-likeness (QED) is 0.447. The van der Waals surface area contributed by atoms with Gasteiger partial charge in [0.05, 0.1) is 34.7 Å². The number of amides is 2. The van der Waals surface area contributed by atoms with E-state index in [0.29, 0.717) is 41.5 Å². The highest BCUT2D eigenvalue weighted by Crippen LogP contribution is 2.26. The Hall–Kier alpha value is -4.07. The van der Waals surface area contributed by atoms with Crippen molar-refractivity contribution in [1.29, 1.82) is 0 Å². The van der Waals surface area contributed by atoms with Gasteiger partial charge in [0, 0.05) is 5.39 Å². The van der Waals surface area contributed by atoms with Crippen LogP contribution in [0.4, 0.5) is 10.1 Å². The smallest absolute Gasteiger partial charge is 0.267 e. The first-order valence-electron chi connectivity index (χ1n) is 10.7. The lowest BCUT2D eigenvalue weighted by Crippen LogP contribution is -2.18. The van der Waals surface area contributed by atoms with Crippen molar-refractivity contribution in [1.82, 2.24) is 14.8 Å². The molecule has 0 aliphatic carbocycles. The van der Waals surface area contributed by atoms with Gasteiger partial charge in [0.2, 0.25) is 0 Å². The summed E-state index contributed by atoms with van der Waals surface area (Å²) in [6.07, 6.45) is 1.25. The molecule has 168 valence electrons. The van der Waals surface area contributed by atoms with Gasteiger partial charge in [-0.2, -0.15) is 5.10 Å². The zero-order valence-electron chi connectivity index (χ0n) is 18.4. The standard InChI is InChI=1S/C25H24FN5O2/c1-3-19-23(22(4-2)31(30-19)14-15-9-11-16(26)12-10-15)29-25(33)18-13-21(24(27)32)28-20-8-6-5-7-17(18)20/h5-13H,3-4,14H2,1-2H3,(H2,27,32)(H,29,33). The van der Waals surface area contributed by atoms with Gasteiger partial charge in [-0.25, -0.2) is 9.37 Å². The van der Waals surface area contributed by atoms with Gasteiger partial charge >= 0.3 is 0 Å². The maximum Gasteiger partial charge on any atom is 0.267 e. The van der Waals surface area contributed by atoms with Crippen molar-refractivity contribution < 1.29 is 14.0 Å². The van der Waals surface area contributed by atoms with Crippen molar-refractivity contribution in [2.24, 2.45) is 5.73 Å². The van der Waals surface area contributed by atoms with Crippen molar-refractivity contribution in [3.63, 3.8) is 0 Å². The molecule has 0 atom stereocenters. The summed E-state index contributed by atoms with van der Waals surface area (Å²) in [4.78, 5) is 29.4. The monoisotopic (exact) mass is 445 g/mol. The van der Waals surface area contributed by atoms with Gasteiger partial charge in [-0.3, -0.25) is 14.3 Å². The van der Waals surface area contributed by atoms with Gasteiger partial charge in [-0.15, -0.1) is 0 Å². The number of pyridine rings is 1. The minimum atomic E-state index is -0.703. The molecule has 8 heteroatoms. The van der Waals surface area contributed by atoms with Crippen LogP contribution in [0.25, 0.3) is 10.9 Å². The van der Waals surface area contributed by atoms with E-state index in [-0.39, 0.29) is 17.4 Å². The number of rotatable bonds is 7. The number of benzene rings is 2. The molecule has 0 saturated carbocycles. The molecular formula is C25H24FN5O2. The van der Waals surface area contributed by atoms with E-state index in [4.69, 9.17) is 10.8 Å².